The molecular formula is C29H30FN3O3. The minimum atomic E-state index is -0.345. The van der Waals surface area contributed by atoms with E-state index >= 15 is 0 Å². The van der Waals surface area contributed by atoms with Gasteiger partial charge in [-0.25, -0.2) is 4.39 Å². The maximum absolute atomic E-state index is 13.4. The quantitative estimate of drug-likeness (QED) is 0.453. The van der Waals surface area contributed by atoms with Crippen molar-refractivity contribution in [2.75, 3.05) is 36.4 Å². The second kappa shape index (κ2) is 11.7. The minimum Gasteiger partial charge on any atom is -0.326 e. The molecule has 1 aliphatic rings. The van der Waals surface area contributed by atoms with Crippen molar-refractivity contribution in [2.24, 2.45) is 5.92 Å². The standard InChI is InChI=1S/C29H30FN3O3/c1-21(34)31-26-13-9-24(10-14-26)29(36)33(27-5-3-2-4-6-27)20-19-32-17-15-23(16-18-32)28(35)22-7-11-25(30)12-8-22/h2-14,23H,15-20H2,1H3,(H,31,34). The first-order chi connectivity index (χ1) is 17.4. The van der Waals surface area contributed by atoms with E-state index in [0.29, 0.717) is 29.9 Å². The fourth-order valence-corrected chi connectivity index (χ4v) is 4.52. The van der Waals surface area contributed by atoms with Gasteiger partial charge >= 0.3 is 0 Å². The lowest BCUT2D eigenvalue weighted by molar-refractivity contribution is -0.114. The number of nitrogens with one attached hydrogen (secondary N) is 1. The number of benzene rings is 3. The average Bonchev–Trinajstić information content (AvgIpc) is 2.90. The topological polar surface area (TPSA) is 69.7 Å². The van der Waals surface area contributed by atoms with Crippen molar-refractivity contribution in [3.63, 3.8) is 0 Å². The molecule has 1 heterocycles. The van der Waals surface area contributed by atoms with Crippen LogP contribution in [0.25, 0.3) is 0 Å². The van der Waals surface area contributed by atoms with Crippen LogP contribution in [-0.2, 0) is 4.79 Å². The summed E-state index contributed by atoms with van der Waals surface area (Å²) in [5.74, 6) is -0.623. The summed E-state index contributed by atoms with van der Waals surface area (Å²) >= 11 is 0. The largest absolute Gasteiger partial charge is 0.326 e. The average molecular weight is 488 g/mol. The van der Waals surface area contributed by atoms with Crippen LogP contribution in [0, 0.1) is 11.7 Å². The number of nitrogens with zero attached hydrogens (tertiary/aromatic N) is 2. The Morgan fingerprint density at radius 2 is 1.50 bits per heavy atom. The van der Waals surface area contributed by atoms with Gasteiger partial charge in [-0.1, -0.05) is 18.2 Å². The van der Waals surface area contributed by atoms with Crippen molar-refractivity contribution in [1.29, 1.82) is 0 Å². The lowest BCUT2D eigenvalue weighted by Crippen LogP contribution is -2.42. The zero-order chi connectivity index (χ0) is 25.5. The Kier molecular flexibility index (Phi) is 8.23. The van der Waals surface area contributed by atoms with Crippen LogP contribution < -0.4 is 10.2 Å². The van der Waals surface area contributed by atoms with E-state index in [4.69, 9.17) is 0 Å². The second-order valence-electron chi connectivity index (χ2n) is 9.04. The Morgan fingerprint density at radius 3 is 2.11 bits per heavy atom. The number of hydrogen-bond donors (Lipinski definition) is 1. The summed E-state index contributed by atoms with van der Waals surface area (Å²) in [6, 6.07) is 22.2. The third-order valence-corrected chi connectivity index (χ3v) is 6.49. The van der Waals surface area contributed by atoms with E-state index in [1.807, 2.05) is 30.3 Å². The Bertz CT molecular complexity index is 1190. The van der Waals surface area contributed by atoms with Crippen LogP contribution in [0.3, 0.4) is 0 Å². The fraction of sp³-hybridized carbons (Fsp3) is 0.276. The smallest absolute Gasteiger partial charge is 0.258 e. The second-order valence-corrected chi connectivity index (χ2v) is 9.04. The number of carbonyl (C=O) groups excluding carboxylic acids is 3. The number of piperidine rings is 1. The zero-order valence-electron chi connectivity index (χ0n) is 20.3. The van der Waals surface area contributed by atoms with Crippen LogP contribution in [0.4, 0.5) is 15.8 Å². The molecule has 0 spiro atoms. The molecule has 0 aliphatic carbocycles. The van der Waals surface area contributed by atoms with Gasteiger partial charge in [0.25, 0.3) is 5.91 Å². The number of ketones is 1. The van der Waals surface area contributed by atoms with Gasteiger partial charge in [0.15, 0.2) is 5.78 Å². The number of likely N-dealkylation sites (tertiary alicyclic amines) is 1. The summed E-state index contributed by atoms with van der Waals surface area (Å²) in [6.45, 7) is 4.16. The molecule has 1 fully saturated rings. The monoisotopic (exact) mass is 487 g/mol. The van der Waals surface area contributed by atoms with Crippen molar-refractivity contribution in [3.8, 4) is 0 Å². The zero-order valence-corrected chi connectivity index (χ0v) is 20.3. The van der Waals surface area contributed by atoms with Gasteiger partial charge in [-0.2, -0.15) is 0 Å². The minimum absolute atomic E-state index is 0.0680. The van der Waals surface area contributed by atoms with Gasteiger partial charge in [0.1, 0.15) is 5.82 Å². The summed E-state index contributed by atoms with van der Waals surface area (Å²) in [5, 5.41) is 2.71. The highest BCUT2D eigenvalue weighted by Crippen LogP contribution is 2.23. The fourth-order valence-electron chi connectivity index (χ4n) is 4.52. The van der Waals surface area contributed by atoms with Gasteiger partial charge in [0, 0.05) is 48.4 Å². The van der Waals surface area contributed by atoms with Gasteiger partial charge in [-0.05, 0) is 86.6 Å². The third-order valence-electron chi connectivity index (χ3n) is 6.49. The predicted octanol–water partition coefficient (Wildman–Crippen LogP) is 5.03. The molecule has 0 atom stereocenters. The number of para-hydroxylation sites is 1. The highest BCUT2D eigenvalue weighted by atomic mass is 19.1. The van der Waals surface area contributed by atoms with Crippen LogP contribution in [0.5, 0.6) is 0 Å². The number of anilines is 2. The molecule has 1 saturated heterocycles. The van der Waals surface area contributed by atoms with Crippen LogP contribution >= 0.6 is 0 Å². The molecule has 6 nitrogen and oxygen atoms in total. The maximum atomic E-state index is 13.4. The lowest BCUT2D eigenvalue weighted by Gasteiger charge is -2.33. The van der Waals surface area contributed by atoms with E-state index in [1.165, 1.54) is 19.1 Å². The van der Waals surface area contributed by atoms with Gasteiger partial charge in [0.05, 0.1) is 0 Å². The van der Waals surface area contributed by atoms with Gasteiger partial charge in [0.2, 0.25) is 5.91 Å². The normalized spacial score (nSPS) is 14.3. The molecule has 186 valence electrons. The highest BCUT2D eigenvalue weighted by molar-refractivity contribution is 6.06. The molecule has 0 aromatic heterocycles. The molecule has 2 amide bonds. The van der Waals surface area contributed by atoms with Crippen molar-refractivity contribution >= 4 is 29.0 Å². The number of Topliss-reactive ketones (excluding diaryl/α,β-unsaturated/α-hetero) is 1. The van der Waals surface area contributed by atoms with Crippen molar-refractivity contribution in [1.82, 2.24) is 4.90 Å². The number of carbonyl (C=O) groups is 3. The van der Waals surface area contributed by atoms with E-state index in [-0.39, 0.29) is 29.3 Å². The summed E-state index contributed by atoms with van der Waals surface area (Å²) in [7, 11) is 0. The Balaban J connectivity index is 1.38. The molecule has 1 aliphatic heterocycles. The summed E-state index contributed by atoms with van der Waals surface area (Å²) in [5.41, 5.74) is 2.55. The first-order valence-electron chi connectivity index (χ1n) is 12.2. The van der Waals surface area contributed by atoms with Gasteiger partial charge in [-0.3, -0.25) is 14.4 Å². The van der Waals surface area contributed by atoms with E-state index in [9.17, 15) is 18.8 Å². The molecule has 36 heavy (non-hydrogen) atoms. The van der Waals surface area contributed by atoms with Gasteiger partial charge < -0.3 is 15.1 Å². The number of rotatable bonds is 8. The molecule has 4 rings (SSSR count). The van der Waals surface area contributed by atoms with Crippen LogP contribution in [0.2, 0.25) is 0 Å². The van der Waals surface area contributed by atoms with E-state index < -0.39 is 0 Å². The molecule has 0 saturated carbocycles. The molecule has 3 aromatic rings. The maximum Gasteiger partial charge on any atom is 0.258 e. The third kappa shape index (κ3) is 6.43. The number of amides is 2. The SMILES string of the molecule is CC(=O)Nc1ccc(C(=O)N(CCN2CCC(C(=O)c3ccc(F)cc3)CC2)c2ccccc2)cc1. The first-order valence-corrected chi connectivity index (χ1v) is 12.2. The Morgan fingerprint density at radius 1 is 0.889 bits per heavy atom. The molecule has 0 unspecified atom stereocenters. The van der Waals surface area contributed by atoms with E-state index in [1.54, 1.807) is 41.3 Å². The first kappa shape index (κ1) is 25.3. The van der Waals surface area contributed by atoms with E-state index in [2.05, 4.69) is 10.2 Å². The molecule has 0 bridgehead atoms. The summed E-state index contributed by atoms with van der Waals surface area (Å²) < 4.78 is 13.2. The Labute approximate surface area is 210 Å². The molecular weight excluding hydrogens is 457 g/mol. The Hall–Kier alpha value is -3.84. The van der Waals surface area contributed by atoms with Gasteiger partial charge in [-0.15, -0.1) is 0 Å². The van der Waals surface area contributed by atoms with Crippen molar-refractivity contribution in [3.05, 3.63) is 95.8 Å². The number of halogens is 1. The van der Waals surface area contributed by atoms with Crippen molar-refractivity contribution < 1.29 is 18.8 Å². The lowest BCUT2D eigenvalue weighted by atomic mass is 9.89. The predicted molar refractivity (Wildman–Crippen MR) is 139 cm³/mol. The highest BCUT2D eigenvalue weighted by Gasteiger charge is 2.27. The van der Waals surface area contributed by atoms with E-state index in [0.717, 1.165) is 31.6 Å². The molecule has 0 radical (unpaired) electrons. The summed E-state index contributed by atoms with van der Waals surface area (Å²) in [6.07, 6.45) is 1.47. The molecule has 1 N–H and O–H groups in total. The van der Waals surface area contributed by atoms with Crippen LogP contribution in [0.15, 0.2) is 78.9 Å². The molecule has 3 aromatic carbocycles. The molecule has 7 heteroatoms. The van der Waals surface area contributed by atoms with Crippen molar-refractivity contribution in [2.45, 2.75) is 19.8 Å². The van der Waals surface area contributed by atoms with Crippen LogP contribution in [-0.4, -0.2) is 48.7 Å². The van der Waals surface area contributed by atoms with Crippen LogP contribution in [0.1, 0.15) is 40.5 Å². The number of hydrogen-bond acceptors (Lipinski definition) is 4. The summed E-state index contributed by atoms with van der Waals surface area (Å²) in [4.78, 5) is 41.5.